The molecule has 1 amide bonds. The van der Waals surface area contributed by atoms with Gasteiger partial charge in [-0.1, -0.05) is 0 Å². The van der Waals surface area contributed by atoms with E-state index in [4.69, 9.17) is 5.11 Å². The monoisotopic (exact) mass is 365 g/mol. The minimum Gasteiger partial charge on any atom is -0.394 e. The van der Waals surface area contributed by atoms with Gasteiger partial charge in [-0.15, -0.1) is 0 Å². The number of aromatic nitrogens is 2. The summed E-state index contributed by atoms with van der Waals surface area (Å²) >= 11 is 0. The molecular formula is C18H31N5O3. The van der Waals surface area contributed by atoms with Crippen LogP contribution in [0.2, 0.25) is 0 Å². The average molecular weight is 365 g/mol. The highest BCUT2D eigenvalue weighted by Gasteiger charge is 2.21. The third-order valence-corrected chi connectivity index (χ3v) is 5.27. The third-order valence-electron chi connectivity index (χ3n) is 5.27. The van der Waals surface area contributed by atoms with Gasteiger partial charge in [-0.2, -0.15) is 5.10 Å². The van der Waals surface area contributed by atoms with Crippen LogP contribution in [0.4, 0.5) is 0 Å². The van der Waals surface area contributed by atoms with Crippen molar-refractivity contribution in [3.05, 3.63) is 17.5 Å². The molecule has 2 N–H and O–H groups in total. The average Bonchev–Trinajstić information content (AvgIpc) is 2.92. The molecule has 2 aliphatic rings. The summed E-state index contributed by atoms with van der Waals surface area (Å²) in [7, 11) is 2.09. The zero-order chi connectivity index (χ0) is 18.5. The van der Waals surface area contributed by atoms with Crippen molar-refractivity contribution >= 4 is 5.91 Å². The predicted octanol–water partition coefficient (Wildman–Crippen LogP) is -0.851. The number of fused-ring (bicyclic) bond motifs is 1. The Bertz CT molecular complexity index is 598. The van der Waals surface area contributed by atoms with Crippen LogP contribution in [-0.2, 0) is 24.3 Å². The SMILES string of the molecule is CN1CCN(C(=O)CCc2cc3n(n2)CCCN(C[C@H](O)CO)C3)CC1. The summed E-state index contributed by atoms with van der Waals surface area (Å²) < 4.78 is 2.03. The summed E-state index contributed by atoms with van der Waals surface area (Å²) in [6.45, 7) is 6.24. The lowest BCUT2D eigenvalue weighted by atomic mass is 10.2. The number of hydrogen-bond donors (Lipinski definition) is 2. The number of β-amino-alcohol motifs (C(OH)–C–C–N with tert-alkyl or cyclic N) is 1. The smallest absolute Gasteiger partial charge is 0.223 e. The second-order valence-electron chi connectivity index (χ2n) is 7.46. The van der Waals surface area contributed by atoms with Crippen LogP contribution in [0.1, 0.15) is 24.2 Å². The Balaban J connectivity index is 1.53. The number of likely N-dealkylation sites (N-methyl/N-ethyl adjacent to an activating group) is 1. The van der Waals surface area contributed by atoms with Crippen molar-refractivity contribution in [3.63, 3.8) is 0 Å². The van der Waals surface area contributed by atoms with Crippen molar-refractivity contribution in [2.45, 2.75) is 38.5 Å². The second-order valence-corrected chi connectivity index (χ2v) is 7.46. The van der Waals surface area contributed by atoms with Gasteiger partial charge in [0.25, 0.3) is 0 Å². The molecule has 2 aliphatic heterocycles. The van der Waals surface area contributed by atoms with E-state index < -0.39 is 6.10 Å². The molecule has 1 atom stereocenters. The predicted molar refractivity (Wildman–Crippen MR) is 97.6 cm³/mol. The molecule has 0 aliphatic carbocycles. The highest BCUT2D eigenvalue weighted by molar-refractivity contribution is 5.76. The van der Waals surface area contributed by atoms with E-state index in [1.165, 1.54) is 0 Å². The van der Waals surface area contributed by atoms with Gasteiger partial charge in [0.15, 0.2) is 0 Å². The van der Waals surface area contributed by atoms with Crippen molar-refractivity contribution < 1.29 is 15.0 Å². The fraction of sp³-hybridized carbons (Fsp3) is 0.778. The lowest BCUT2D eigenvalue weighted by Crippen LogP contribution is -2.47. The normalized spacial score (nSPS) is 20.7. The molecule has 0 unspecified atom stereocenters. The summed E-state index contributed by atoms with van der Waals surface area (Å²) in [4.78, 5) is 18.8. The van der Waals surface area contributed by atoms with Gasteiger partial charge in [0.1, 0.15) is 0 Å². The second kappa shape index (κ2) is 8.94. The fourth-order valence-corrected chi connectivity index (χ4v) is 3.67. The maximum atomic E-state index is 12.4. The molecule has 1 fully saturated rings. The molecule has 1 aromatic heterocycles. The molecule has 3 rings (SSSR count). The molecule has 8 heteroatoms. The molecule has 0 bridgehead atoms. The minimum absolute atomic E-state index is 0.213. The van der Waals surface area contributed by atoms with Gasteiger partial charge in [-0.3, -0.25) is 14.4 Å². The molecule has 1 saturated heterocycles. The number of rotatable bonds is 6. The van der Waals surface area contributed by atoms with E-state index in [2.05, 4.69) is 28.0 Å². The van der Waals surface area contributed by atoms with E-state index in [-0.39, 0.29) is 12.5 Å². The minimum atomic E-state index is -0.704. The molecule has 8 nitrogen and oxygen atoms in total. The maximum Gasteiger partial charge on any atom is 0.223 e. The summed E-state index contributed by atoms with van der Waals surface area (Å²) in [5.41, 5.74) is 2.08. The number of hydrogen-bond acceptors (Lipinski definition) is 6. The van der Waals surface area contributed by atoms with Gasteiger partial charge < -0.3 is 20.0 Å². The van der Waals surface area contributed by atoms with Crippen LogP contribution in [-0.4, -0.2) is 99.6 Å². The molecule has 1 aromatic rings. The quantitative estimate of drug-likeness (QED) is 0.683. The van der Waals surface area contributed by atoms with E-state index in [0.717, 1.165) is 63.6 Å². The van der Waals surface area contributed by atoms with Crippen LogP contribution in [0.3, 0.4) is 0 Å². The number of amides is 1. The van der Waals surface area contributed by atoms with Gasteiger partial charge in [0.05, 0.1) is 24.1 Å². The number of nitrogens with zero attached hydrogens (tertiary/aromatic N) is 5. The fourth-order valence-electron chi connectivity index (χ4n) is 3.67. The molecule has 3 heterocycles. The molecule has 26 heavy (non-hydrogen) atoms. The van der Waals surface area contributed by atoms with Crippen LogP contribution in [0.25, 0.3) is 0 Å². The van der Waals surface area contributed by atoms with Crippen LogP contribution < -0.4 is 0 Å². The summed E-state index contributed by atoms with van der Waals surface area (Å²) in [5.74, 6) is 0.217. The van der Waals surface area contributed by atoms with Gasteiger partial charge >= 0.3 is 0 Å². The third kappa shape index (κ3) is 5.03. The Morgan fingerprint density at radius 3 is 2.73 bits per heavy atom. The van der Waals surface area contributed by atoms with Crippen molar-refractivity contribution in [1.82, 2.24) is 24.5 Å². The Morgan fingerprint density at radius 1 is 1.23 bits per heavy atom. The zero-order valence-corrected chi connectivity index (χ0v) is 15.7. The molecule has 146 valence electrons. The number of carbonyl (C=O) groups excluding carboxylic acids is 1. The number of aliphatic hydroxyl groups excluding tert-OH is 2. The van der Waals surface area contributed by atoms with Gasteiger partial charge in [-0.05, 0) is 19.5 Å². The Labute approximate surface area is 155 Å². The van der Waals surface area contributed by atoms with Gasteiger partial charge in [0.2, 0.25) is 5.91 Å². The van der Waals surface area contributed by atoms with E-state index in [9.17, 15) is 9.90 Å². The van der Waals surface area contributed by atoms with E-state index in [0.29, 0.717) is 19.4 Å². The van der Waals surface area contributed by atoms with Crippen LogP contribution in [0.15, 0.2) is 6.07 Å². The van der Waals surface area contributed by atoms with Crippen LogP contribution in [0, 0.1) is 0 Å². The number of aryl methyl sites for hydroxylation is 2. The van der Waals surface area contributed by atoms with Crippen molar-refractivity contribution in [1.29, 1.82) is 0 Å². The highest BCUT2D eigenvalue weighted by atomic mass is 16.3. The number of piperazine rings is 1. The molecule has 0 aromatic carbocycles. The lowest BCUT2D eigenvalue weighted by molar-refractivity contribution is -0.132. The first-order valence-electron chi connectivity index (χ1n) is 9.58. The standard InChI is InChI=1S/C18H31N5O3/c1-20-7-9-22(10-8-20)18(26)4-3-15-11-16-12-21(13-17(25)14-24)5-2-6-23(16)19-15/h11,17,24-25H,2-10,12-14H2,1H3/t17-/m0/s1. The van der Waals surface area contributed by atoms with Gasteiger partial charge in [-0.25, -0.2) is 0 Å². The first-order valence-corrected chi connectivity index (χ1v) is 9.58. The van der Waals surface area contributed by atoms with Gasteiger partial charge in [0, 0.05) is 65.2 Å². The Kier molecular flexibility index (Phi) is 6.63. The largest absolute Gasteiger partial charge is 0.394 e. The summed E-state index contributed by atoms with van der Waals surface area (Å²) in [5, 5.41) is 23.4. The van der Waals surface area contributed by atoms with E-state index >= 15 is 0 Å². The first-order chi connectivity index (χ1) is 12.5. The van der Waals surface area contributed by atoms with E-state index in [1.54, 1.807) is 0 Å². The Hall–Kier alpha value is -1.48. The zero-order valence-electron chi connectivity index (χ0n) is 15.7. The Morgan fingerprint density at radius 2 is 2.00 bits per heavy atom. The lowest BCUT2D eigenvalue weighted by Gasteiger charge is -2.32. The maximum absolute atomic E-state index is 12.4. The summed E-state index contributed by atoms with van der Waals surface area (Å²) in [6, 6.07) is 2.08. The van der Waals surface area contributed by atoms with Crippen LogP contribution in [0.5, 0.6) is 0 Å². The van der Waals surface area contributed by atoms with Crippen LogP contribution >= 0.6 is 0 Å². The van der Waals surface area contributed by atoms with Crippen molar-refractivity contribution in [3.8, 4) is 0 Å². The van der Waals surface area contributed by atoms with E-state index in [1.807, 2.05) is 9.58 Å². The highest BCUT2D eigenvalue weighted by Crippen LogP contribution is 2.15. The first kappa shape index (κ1) is 19.3. The topological polar surface area (TPSA) is 85.1 Å². The van der Waals surface area contributed by atoms with Crippen molar-refractivity contribution in [2.24, 2.45) is 0 Å². The molecular weight excluding hydrogens is 334 g/mol. The number of carbonyl (C=O) groups is 1. The van der Waals surface area contributed by atoms with Crippen molar-refractivity contribution in [2.75, 3.05) is 52.9 Å². The number of aliphatic hydroxyl groups is 2. The summed E-state index contributed by atoms with van der Waals surface area (Å²) in [6.07, 6.45) is 1.44. The molecule has 0 saturated carbocycles. The molecule has 0 radical (unpaired) electrons. The molecule has 0 spiro atoms.